The van der Waals surface area contributed by atoms with Gasteiger partial charge in [-0.2, -0.15) is 0 Å². The third-order valence-corrected chi connectivity index (χ3v) is 18.0. The lowest BCUT2D eigenvalue weighted by atomic mass is 9.65. The standard InChI is InChI=1S/C74H44N2O/c1-8-27-60-50(17-1)51-18-2-9-28-61(51)73(60)62-29-10-5-21-54(62)55-41-39-47(43-67(55)73)75(46-37-35-45(36-38-46)49-24-15-26-59-57-23-7-14-34-70(57)77-72(49)59)48-40-42-65-69(44-48)76-68-33-13-6-22-56(68)58-25-16-32-66(71(58)76)74(65)63-30-11-3-19-52(63)53-20-4-12-31-64(53)74/h1-44H. The first kappa shape index (κ1) is 41.4. The highest BCUT2D eigenvalue weighted by atomic mass is 16.3. The summed E-state index contributed by atoms with van der Waals surface area (Å²) >= 11 is 0. The van der Waals surface area contributed by atoms with Crippen molar-refractivity contribution in [2.24, 2.45) is 0 Å². The highest BCUT2D eigenvalue weighted by Gasteiger charge is 2.53. The minimum absolute atomic E-state index is 0.499. The van der Waals surface area contributed by atoms with Crippen LogP contribution in [0.4, 0.5) is 17.1 Å². The number of aromatic nitrogens is 1. The third kappa shape index (κ3) is 5.07. The normalized spacial score (nSPS) is 14.2. The first-order valence-electron chi connectivity index (χ1n) is 26.8. The minimum atomic E-state index is -0.552. The monoisotopic (exact) mass is 976 g/mol. The predicted molar refractivity (Wildman–Crippen MR) is 315 cm³/mol. The van der Waals surface area contributed by atoms with Crippen molar-refractivity contribution in [3.8, 4) is 50.2 Å². The van der Waals surface area contributed by atoms with Gasteiger partial charge in [-0.25, -0.2) is 0 Å². The van der Waals surface area contributed by atoms with Crippen molar-refractivity contribution in [1.29, 1.82) is 0 Å². The summed E-state index contributed by atoms with van der Waals surface area (Å²) < 4.78 is 9.19. The number of fused-ring (bicyclic) bond motifs is 25. The fraction of sp³-hybridized carbons (Fsp3) is 0.0270. The van der Waals surface area contributed by atoms with Gasteiger partial charge in [0.1, 0.15) is 11.2 Å². The van der Waals surface area contributed by atoms with Gasteiger partial charge in [0.25, 0.3) is 0 Å². The molecule has 12 aromatic carbocycles. The number of hydrogen-bond donors (Lipinski definition) is 0. The first-order valence-corrected chi connectivity index (χ1v) is 26.8. The molecule has 18 rings (SSSR count). The maximum absolute atomic E-state index is 6.62. The van der Waals surface area contributed by atoms with E-state index in [2.05, 4.69) is 270 Å². The van der Waals surface area contributed by atoms with Crippen LogP contribution in [0.15, 0.2) is 271 Å². The van der Waals surface area contributed by atoms with E-state index >= 15 is 0 Å². The fourth-order valence-electron chi connectivity index (χ4n) is 15.1. The zero-order chi connectivity index (χ0) is 50.1. The largest absolute Gasteiger partial charge is 0.455 e. The molecule has 0 atom stereocenters. The van der Waals surface area contributed by atoms with E-state index in [4.69, 9.17) is 4.42 Å². The molecule has 0 N–H and O–H groups in total. The Labute approximate surface area is 444 Å². The molecule has 3 aliphatic carbocycles. The molecule has 356 valence electrons. The van der Waals surface area contributed by atoms with Gasteiger partial charge in [-0.1, -0.05) is 218 Å². The lowest BCUT2D eigenvalue weighted by molar-refractivity contribution is 0.670. The Bertz CT molecular complexity index is 4780. The van der Waals surface area contributed by atoms with E-state index < -0.39 is 10.8 Å². The van der Waals surface area contributed by atoms with Crippen LogP contribution in [0.25, 0.3) is 93.9 Å². The number of benzene rings is 12. The van der Waals surface area contributed by atoms with Gasteiger partial charge < -0.3 is 13.9 Å². The average Bonchev–Trinajstić information content (AvgIpc) is 4.47. The lowest BCUT2D eigenvalue weighted by Crippen LogP contribution is -2.33. The second-order valence-electron chi connectivity index (χ2n) is 21.4. The van der Waals surface area contributed by atoms with Gasteiger partial charge in [0.05, 0.1) is 27.6 Å². The van der Waals surface area contributed by atoms with Crippen LogP contribution in [0.5, 0.6) is 0 Å². The minimum Gasteiger partial charge on any atom is -0.455 e. The number of anilines is 3. The Morgan fingerprint density at radius 2 is 0.753 bits per heavy atom. The van der Waals surface area contributed by atoms with Gasteiger partial charge in [-0.15, -0.1) is 0 Å². The molecule has 77 heavy (non-hydrogen) atoms. The average molecular weight is 977 g/mol. The molecule has 0 amide bonds. The van der Waals surface area contributed by atoms with Crippen LogP contribution in [-0.4, -0.2) is 4.57 Å². The van der Waals surface area contributed by atoms with Gasteiger partial charge in [-0.05, 0) is 132 Å². The van der Waals surface area contributed by atoms with Gasteiger partial charge in [0, 0.05) is 44.2 Å². The van der Waals surface area contributed by atoms with E-state index in [1.807, 2.05) is 6.07 Å². The second kappa shape index (κ2) is 14.9. The quantitative estimate of drug-likeness (QED) is 0.175. The first-order chi connectivity index (χ1) is 38.2. The Kier molecular flexibility index (Phi) is 8.00. The van der Waals surface area contributed by atoms with Crippen molar-refractivity contribution in [1.82, 2.24) is 4.57 Å². The van der Waals surface area contributed by atoms with Crippen molar-refractivity contribution in [2.45, 2.75) is 10.8 Å². The van der Waals surface area contributed by atoms with Crippen molar-refractivity contribution < 1.29 is 4.42 Å². The lowest BCUT2D eigenvalue weighted by Gasteiger charge is -2.40. The van der Waals surface area contributed by atoms with E-state index in [-0.39, 0.29) is 0 Å². The molecule has 14 aromatic rings. The van der Waals surface area contributed by atoms with Crippen LogP contribution < -0.4 is 4.90 Å². The third-order valence-electron chi connectivity index (χ3n) is 18.0. The molecule has 2 spiro atoms. The maximum atomic E-state index is 6.62. The molecule has 3 heteroatoms. The van der Waals surface area contributed by atoms with Crippen LogP contribution in [0, 0.1) is 0 Å². The van der Waals surface area contributed by atoms with Crippen molar-refractivity contribution in [3.63, 3.8) is 0 Å². The number of rotatable bonds is 4. The molecule has 0 fully saturated rings. The molecular weight excluding hydrogens is 933 g/mol. The van der Waals surface area contributed by atoms with E-state index in [1.54, 1.807) is 0 Å². The van der Waals surface area contributed by atoms with Gasteiger partial charge >= 0.3 is 0 Å². The zero-order valence-corrected chi connectivity index (χ0v) is 41.7. The molecule has 2 aromatic heterocycles. The van der Waals surface area contributed by atoms with Crippen LogP contribution in [0.1, 0.15) is 44.5 Å². The Morgan fingerprint density at radius 1 is 0.299 bits per heavy atom. The predicted octanol–water partition coefficient (Wildman–Crippen LogP) is 18.8. The molecular formula is C74H44N2O. The molecule has 1 aliphatic heterocycles. The van der Waals surface area contributed by atoms with Gasteiger partial charge in [0.2, 0.25) is 0 Å². The van der Waals surface area contributed by atoms with Crippen LogP contribution >= 0.6 is 0 Å². The zero-order valence-electron chi connectivity index (χ0n) is 41.7. The Hall–Kier alpha value is -9.96. The van der Waals surface area contributed by atoms with E-state index in [0.29, 0.717) is 0 Å². The van der Waals surface area contributed by atoms with E-state index in [9.17, 15) is 0 Å². The molecule has 3 nitrogen and oxygen atoms in total. The van der Waals surface area contributed by atoms with Gasteiger partial charge in [0.15, 0.2) is 0 Å². The van der Waals surface area contributed by atoms with E-state index in [1.165, 1.54) is 105 Å². The molecule has 3 heterocycles. The number of nitrogens with zero attached hydrogens (tertiary/aromatic N) is 2. The summed E-state index contributed by atoms with van der Waals surface area (Å²) in [5, 5.41) is 4.78. The van der Waals surface area contributed by atoms with Crippen molar-refractivity contribution >= 4 is 60.8 Å². The molecule has 0 saturated carbocycles. The summed E-state index contributed by atoms with van der Waals surface area (Å²) in [5.41, 5.74) is 28.1. The summed E-state index contributed by atoms with van der Waals surface area (Å²) in [6.07, 6.45) is 0. The summed E-state index contributed by atoms with van der Waals surface area (Å²) in [6, 6.07) is 100. The van der Waals surface area contributed by atoms with E-state index in [0.717, 1.165) is 50.1 Å². The van der Waals surface area contributed by atoms with Crippen LogP contribution in [0.3, 0.4) is 0 Å². The number of hydrogen-bond acceptors (Lipinski definition) is 2. The molecule has 0 unspecified atom stereocenters. The molecule has 0 saturated heterocycles. The highest BCUT2D eigenvalue weighted by molar-refractivity contribution is 6.13. The number of para-hydroxylation sites is 4. The summed E-state index contributed by atoms with van der Waals surface area (Å²) in [4.78, 5) is 2.50. The van der Waals surface area contributed by atoms with Crippen molar-refractivity contribution in [2.75, 3.05) is 4.90 Å². The van der Waals surface area contributed by atoms with Crippen LogP contribution in [-0.2, 0) is 10.8 Å². The summed E-state index contributed by atoms with van der Waals surface area (Å²) in [7, 11) is 0. The summed E-state index contributed by atoms with van der Waals surface area (Å²) in [5.74, 6) is 0. The fourth-order valence-corrected chi connectivity index (χ4v) is 15.1. The van der Waals surface area contributed by atoms with Crippen molar-refractivity contribution in [3.05, 3.63) is 311 Å². The SMILES string of the molecule is c1ccc2c(c1)-c1ccccc1C21c2ccccc2-c2ccc(N(c3ccc(-c4cccc5c4oc4ccccc45)cc3)c3ccc4c(c3)-n3c5ccccc5c5cccc(c53)C43c4ccccc4-c4ccccc43)cc21. The Morgan fingerprint density at radius 3 is 1.40 bits per heavy atom. The topological polar surface area (TPSA) is 21.3 Å². The molecule has 0 radical (unpaired) electrons. The van der Waals surface area contributed by atoms with Crippen LogP contribution in [0.2, 0.25) is 0 Å². The molecule has 0 bridgehead atoms. The molecule has 4 aliphatic rings. The highest BCUT2D eigenvalue weighted by Crippen LogP contribution is 2.65. The number of furan rings is 1. The maximum Gasteiger partial charge on any atom is 0.143 e. The van der Waals surface area contributed by atoms with Gasteiger partial charge in [-0.3, -0.25) is 0 Å². The Balaban J connectivity index is 0.914. The second-order valence-corrected chi connectivity index (χ2v) is 21.4. The summed E-state index contributed by atoms with van der Waals surface area (Å²) in [6.45, 7) is 0. The smallest absolute Gasteiger partial charge is 0.143 e.